The van der Waals surface area contributed by atoms with E-state index in [2.05, 4.69) is 29.2 Å². The maximum absolute atomic E-state index is 5.84. The lowest BCUT2D eigenvalue weighted by Crippen LogP contribution is -2.30. The van der Waals surface area contributed by atoms with Crippen LogP contribution in [0, 0.1) is 0 Å². The number of hydrogen-bond acceptors (Lipinski definition) is 3. The van der Waals surface area contributed by atoms with E-state index >= 15 is 0 Å². The zero-order valence-electron chi connectivity index (χ0n) is 11.8. The second kappa shape index (κ2) is 5.55. The van der Waals surface area contributed by atoms with Gasteiger partial charge < -0.3 is 10.5 Å². The molecule has 0 bridgehead atoms. The Kier molecular flexibility index (Phi) is 3.61. The van der Waals surface area contributed by atoms with Crippen molar-refractivity contribution in [2.75, 3.05) is 19.4 Å². The summed E-state index contributed by atoms with van der Waals surface area (Å²) >= 11 is 0. The van der Waals surface area contributed by atoms with Gasteiger partial charge in [0, 0.05) is 25.3 Å². The van der Waals surface area contributed by atoms with Gasteiger partial charge in [-0.05, 0) is 47.4 Å². The van der Waals surface area contributed by atoms with Crippen LogP contribution in [0.4, 0.5) is 5.69 Å². The third kappa shape index (κ3) is 2.78. The van der Waals surface area contributed by atoms with Gasteiger partial charge in [0.25, 0.3) is 0 Å². The van der Waals surface area contributed by atoms with E-state index in [1.807, 2.05) is 18.2 Å². The van der Waals surface area contributed by atoms with Gasteiger partial charge in [0.1, 0.15) is 5.75 Å². The molecule has 2 N–H and O–H groups in total. The van der Waals surface area contributed by atoms with E-state index in [1.165, 1.54) is 16.7 Å². The molecule has 0 spiro atoms. The van der Waals surface area contributed by atoms with Crippen LogP contribution in [0.3, 0.4) is 0 Å². The number of nitrogen functional groups attached to an aromatic ring is 1. The second-order valence-corrected chi connectivity index (χ2v) is 5.34. The molecule has 0 unspecified atom stereocenters. The number of methoxy groups -OCH3 is 1. The highest BCUT2D eigenvalue weighted by Crippen LogP contribution is 2.23. The predicted molar refractivity (Wildman–Crippen MR) is 81.7 cm³/mol. The van der Waals surface area contributed by atoms with Crippen molar-refractivity contribution in [3.8, 4) is 5.75 Å². The zero-order valence-corrected chi connectivity index (χ0v) is 11.8. The first kappa shape index (κ1) is 13.0. The van der Waals surface area contributed by atoms with E-state index in [1.54, 1.807) is 7.11 Å². The first-order valence-electron chi connectivity index (χ1n) is 6.97. The number of hydrogen-bond donors (Lipinski definition) is 1. The van der Waals surface area contributed by atoms with Gasteiger partial charge >= 0.3 is 0 Å². The summed E-state index contributed by atoms with van der Waals surface area (Å²) in [5.41, 5.74) is 10.8. The largest absolute Gasteiger partial charge is 0.497 e. The molecule has 0 radical (unpaired) electrons. The Morgan fingerprint density at radius 2 is 2.05 bits per heavy atom. The Labute approximate surface area is 120 Å². The molecule has 1 aliphatic heterocycles. The molecule has 0 saturated carbocycles. The van der Waals surface area contributed by atoms with Crippen LogP contribution in [0.5, 0.6) is 5.75 Å². The number of fused-ring (bicyclic) bond motifs is 1. The van der Waals surface area contributed by atoms with Gasteiger partial charge in [-0.3, -0.25) is 4.90 Å². The highest BCUT2D eigenvalue weighted by Gasteiger charge is 2.16. The van der Waals surface area contributed by atoms with E-state index < -0.39 is 0 Å². The number of nitrogens with zero attached hydrogens (tertiary/aromatic N) is 1. The van der Waals surface area contributed by atoms with E-state index in [9.17, 15) is 0 Å². The zero-order chi connectivity index (χ0) is 13.9. The predicted octanol–water partition coefficient (Wildman–Crippen LogP) is 2.84. The summed E-state index contributed by atoms with van der Waals surface area (Å²) in [4.78, 5) is 2.47. The number of anilines is 1. The van der Waals surface area contributed by atoms with Crippen LogP contribution in [0.2, 0.25) is 0 Å². The topological polar surface area (TPSA) is 38.5 Å². The summed E-state index contributed by atoms with van der Waals surface area (Å²) in [6, 6.07) is 14.6. The Morgan fingerprint density at radius 1 is 1.15 bits per heavy atom. The van der Waals surface area contributed by atoms with Crippen molar-refractivity contribution in [1.29, 1.82) is 0 Å². The first-order chi connectivity index (χ1) is 9.74. The molecule has 0 amide bonds. The molecule has 0 atom stereocenters. The Morgan fingerprint density at radius 3 is 2.90 bits per heavy atom. The monoisotopic (exact) mass is 268 g/mol. The van der Waals surface area contributed by atoms with Crippen molar-refractivity contribution in [1.82, 2.24) is 4.90 Å². The normalized spacial score (nSPS) is 14.8. The van der Waals surface area contributed by atoms with E-state index in [4.69, 9.17) is 10.5 Å². The lowest BCUT2D eigenvalue weighted by molar-refractivity contribution is 0.245. The van der Waals surface area contributed by atoms with Crippen molar-refractivity contribution in [3.05, 3.63) is 59.2 Å². The smallest absolute Gasteiger partial charge is 0.119 e. The van der Waals surface area contributed by atoms with Crippen molar-refractivity contribution in [2.45, 2.75) is 19.5 Å². The summed E-state index contributed by atoms with van der Waals surface area (Å²) in [7, 11) is 1.71. The fraction of sp³-hybridized carbons (Fsp3) is 0.294. The molecular formula is C17H20N2O. The molecule has 1 heterocycles. The lowest BCUT2D eigenvalue weighted by Gasteiger charge is -2.29. The van der Waals surface area contributed by atoms with Crippen LogP contribution in [0.1, 0.15) is 16.7 Å². The van der Waals surface area contributed by atoms with Gasteiger partial charge in [0.2, 0.25) is 0 Å². The van der Waals surface area contributed by atoms with Crippen LogP contribution in [-0.2, 0) is 19.5 Å². The number of benzene rings is 2. The molecular weight excluding hydrogens is 248 g/mol. The molecule has 1 aliphatic rings. The Bertz CT molecular complexity index is 610. The highest BCUT2D eigenvalue weighted by atomic mass is 16.5. The molecule has 0 aromatic heterocycles. The van der Waals surface area contributed by atoms with E-state index in [0.717, 1.165) is 37.5 Å². The van der Waals surface area contributed by atoms with Crippen LogP contribution >= 0.6 is 0 Å². The molecule has 0 aliphatic carbocycles. The average molecular weight is 268 g/mol. The molecule has 2 aromatic rings. The Hall–Kier alpha value is -2.00. The number of ether oxygens (including phenoxy) is 1. The minimum absolute atomic E-state index is 0.866. The molecule has 3 heteroatoms. The Balaban J connectivity index is 1.72. The van der Waals surface area contributed by atoms with Crippen LogP contribution in [0.25, 0.3) is 0 Å². The van der Waals surface area contributed by atoms with Gasteiger partial charge in [0.05, 0.1) is 7.11 Å². The van der Waals surface area contributed by atoms with Gasteiger partial charge in [0.15, 0.2) is 0 Å². The maximum Gasteiger partial charge on any atom is 0.119 e. The summed E-state index contributed by atoms with van der Waals surface area (Å²) < 4.78 is 5.28. The van der Waals surface area contributed by atoms with Crippen LogP contribution in [0.15, 0.2) is 42.5 Å². The van der Waals surface area contributed by atoms with E-state index in [0.29, 0.717) is 0 Å². The molecule has 3 nitrogen and oxygen atoms in total. The molecule has 2 aromatic carbocycles. The molecule has 20 heavy (non-hydrogen) atoms. The third-order valence-corrected chi connectivity index (χ3v) is 3.86. The summed E-state index contributed by atoms with van der Waals surface area (Å²) in [6.07, 6.45) is 1.07. The SMILES string of the molecule is COc1cccc(CN2CCc3cc(N)ccc3C2)c1. The van der Waals surface area contributed by atoms with Gasteiger partial charge in [-0.15, -0.1) is 0 Å². The van der Waals surface area contributed by atoms with Gasteiger partial charge in [-0.1, -0.05) is 18.2 Å². The average Bonchev–Trinajstić information content (AvgIpc) is 2.47. The summed E-state index contributed by atoms with van der Waals surface area (Å²) in [6.45, 7) is 3.03. The minimum atomic E-state index is 0.866. The number of rotatable bonds is 3. The van der Waals surface area contributed by atoms with Crippen LogP contribution in [-0.4, -0.2) is 18.6 Å². The van der Waals surface area contributed by atoms with Crippen LogP contribution < -0.4 is 10.5 Å². The highest BCUT2D eigenvalue weighted by molar-refractivity contribution is 5.45. The van der Waals surface area contributed by atoms with Gasteiger partial charge in [-0.25, -0.2) is 0 Å². The standard InChI is InChI=1S/C17H20N2O/c1-20-17-4-2-3-13(9-17)11-19-8-7-14-10-16(18)6-5-15(14)12-19/h2-6,9-10H,7-8,11-12,18H2,1H3. The first-order valence-corrected chi connectivity index (χ1v) is 6.97. The number of nitrogens with two attached hydrogens (primary N) is 1. The fourth-order valence-corrected chi connectivity index (χ4v) is 2.80. The molecule has 104 valence electrons. The molecule has 0 fully saturated rings. The maximum atomic E-state index is 5.84. The minimum Gasteiger partial charge on any atom is -0.497 e. The van der Waals surface area contributed by atoms with Crippen molar-refractivity contribution >= 4 is 5.69 Å². The second-order valence-electron chi connectivity index (χ2n) is 5.34. The van der Waals surface area contributed by atoms with Crippen molar-refractivity contribution in [2.24, 2.45) is 0 Å². The lowest BCUT2D eigenvalue weighted by atomic mass is 9.98. The van der Waals surface area contributed by atoms with Gasteiger partial charge in [-0.2, -0.15) is 0 Å². The van der Waals surface area contributed by atoms with Crippen molar-refractivity contribution < 1.29 is 4.74 Å². The summed E-state index contributed by atoms with van der Waals surface area (Å²) in [5, 5.41) is 0. The quantitative estimate of drug-likeness (QED) is 0.870. The van der Waals surface area contributed by atoms with Crippen molar-refractivity contribution in [3.63, 3.8) is 0 Å². The fourth-order valence-electron chi connectivity index (χ4n) is 2.80. The molecule has 3 rings (SSSR count). The third-order valence-electron chi connectivity index (χ3n) is 3.86. The van der Waals surface area contributed by atoms with E-state index in [-0.39, 0.29) is 0 Å². The summed E-state index contributed by atoms with van der Waals surface area (Å²) in [5.74, 6) is 0.924. The molecule has 0 saturated heterocycles.